The van der Waals surface area contributed by atoms with Gasteiger partial charge in [-0.05, 0) is 0 Å². The van der Waals surface area contributed by atoms with E-state index in [9.17, 15) is 4.79 Å². The Balaban J connectivity index is 2.85. The predicted molar refractivity (Wildman–Crippen MR) is 65.4 cm³/mol. The van der Waals surface area contributed by atoms with Crippen molar-refractivity contribution in [2.45, 2.75) is 6.42 Å². The second kappa shape index (κ2) is 5.39. The molecule has 13 heavy (non-hydrogen) atoms. The van der Waals surface area contributed by atoms with Crippen LogP contribution >= 0.6 is 47.0 Å². The van der Waals surface area contributed by atoms with Gasteiger partial charge in [-0.1, -0.05) is 0 Å². The third kappa shape index (κ3) is 4.02. The zero-order chi connectivity index (χ0) is 9.84. The Morgan fingerprint density at radius 1 is 1.38 bits per heavy atom. The summed E-state index contributed by atoms with van der Waals surface area (Å²) in [5, 5.41) is -0.373. The van der Waals surface area contributed by atoms with Crippen LogP contribution in [-0.4, -0.2) is 5.24 Å². The van der Waals surface area contributed by atoms with Gasteiger partial charge in [0, 0.05) is 0 Å². The fourth-order valence-corrected chi connectivity index (χ4v) is 3.36. The molecule has 1 nitrogen and oxygen atoms in total. The Morgan fingerprint density at radius 2 is 2.08 bits per heavy atom. The molecular formula is C8H6Cl3IO. The van der Waals surface area contributed by atoms with Crippen LogP contribution in [0.25, 0.3) is 0 Å². The third-order valence-electron chi connectivity index (χ3n) is 1.40. The van der Waals surface area contributed by atoms with E-state index < -0.39 is 17.6 Å². The first-order valence-electron chi connectivity index (χ1n) is 3.40. The van der Waals surface area contributed by atoms with Crippen molar-refractivity contribution in [3.63, 3.8) is 0 Å². The zero-order valence-corrected chi connectivity index (χ0v) is 10.9. The zero-order valence-electron chi connectivity index (χ0n) is 6.44. The molecule has 72 valence electrons. The van der Waals surface area contributed by atoms with Crippen LogP contribution < -0.4 is 0 Å². The molecule has 0 spiro atoms. The number of rotatable bonds is 3. The van der Waals surface area contributed by atoms with Gasteiger partial charge < -0.3 is 0 Å². The molecule has 0 bridgehead atoms. The van der Waals surface area contributed by atoms with E-state index in [0.29, 0.717) is 0 Å². The molecule has 1 aromatic carbocycles. The van der Waals surface area contributed by atoms with Gasteiger partial charge in [-0.3, -0.25) is 0 Å². The molecule has 0 saturated heterocycles. The summed E-state index contributed by atoms with van der Waals surface area (Å²) in [6, 6.07) is 7.37. The Kier molecular flexibility index (Phi) is 4.80. The number of benzene rings is 1. The maximum absolute atomic E-state index is 10.6. The van der Waals surface area contributed by atoms with Gasteiger partial charge in [0.15, 0.2) is 0 Å². The topological polar surface area (TPSA) is 17.1 Å². The number of carbonyl (C=O) groups is 1. The van der Waals surface area contributed by atoms with Crippen molar-refractivity contribution in [3.8, 4) is 0 Å². The minimum atomic E-state index is -1.97. The minimum absolute atomic E-state index is 0.229. The summed E-state index contributed by atoms with van der Waals surface area (Å²) in [5.41, 5.74) is 0.862. The molecule has 1 rings (SSSR count). The Morgan fingerprint density at radius 3 is 2.62 bits per heavy atom. The van der Waals surface area contributed by atoms with Crippen molar-refractivity contribution >= 4 is 52.2 Å². The molecule has 0 aliphatic carbocycles. The van der Waals surface area contributed by atoms with Crippen LogP contribution in [0.15, 0.2) is 24.3 Å². The third-order valence-corrected chi connectivity index (χ3v) is 5.36. The number of carbonyl (C=O) groups excluding carboxylic acids is 1. The standard InChI is InChI=1S/C8H6Cl3IO/c9-8(13)5-6-2-1-3-7(4-6)12(10)11/h1-4H,5H2. The maximum atomic E-state index is 10.6. The molecule has 0 saturated carbocycles. The number of hydrogen-bond acceptors (Lipinski definition) is 1. The van der Waals surface area contributed by atoms with Crippen molar-refractivity contribution in [1.82, 2.24) is 0 Å². The van der Waals surface area contributed by atoms with Crippen LogP contribution in [0.2, 0.25) is 0 Å². The first kappa shape index (κ1) is 11.6. The molecular weight excluding hydrogens is 345 g/mol. The van der Waals surface area contributed by atoms with Gasteiger partial charge in [-0.15, -0.1) is 0 Å². The summed E-state index contributed by atoms with van der Waals surface area (Å²) < 4.78 is 0.933. The van der Waals surface area contributed by atoms with Crippen LogP contribution in [0.1, 0.15) is 5.56 Å². The van der Waals surface area contributed by atoms with E-state index in [4.69, 9.17) is 29.4 Å². The Hall–Kier alpha value is 0.490. The molecule has 0 radical (unpaired) electrons. The summed E-state index contributed by atoms with van der Waals surface area (Å²) in [5.74, 6) is 0. The Bertz CT molecular complexity index is 314. The van der Waals surface area contributed by atoms with Crippen molar-refractivity contribution in [1.29, 1.82) is 0 Å². The summed E-state index contributed by atoms with van der Waals surface area (Å²) in [6.07, 6.45) is 0.229. The SMILES string of the molecule is O=C(Cl)Cc1cccc(I(Cl)Cl)c1. The van der Waals surface area contributed by atoms with Gasteiger partial charge in [0.05, 0.1) is 0 Å². The van der Waals surface area contributed by atoms with Gasteiger partial charge in [0.2, 0.25) is 0 Å². The molecule has 0 fully saturated rings. The van der Waals surface area contributed by atoms with E-state index >= 15 is 0 Å². The monoisotopic (exact) mass is 350 g/mol. The summed E-state index contributed by atoms with van der Waals surface area (Å²) >= 11 is 3.28. The average molecular weight is 351 g/mol. The van der Waals surface area contributed by atoms with Crippen molar-refractivity contribution < 1.29 is 4.79 Å². The normalized spacial score (nSPS) is 11.2. The van der Waals surface area contributed by atoms with Crippen LogP contribution in [0.4, 0.5) is 0 Å². The van der Waals surface area contributed by atoms with Crippen LogP contribution in [0.3, 0.4) is 0 Å². The van der Waals surface area contributed by atoms with E-state index in [-0.39, 0.29) is 11.7 Å². The van der Waals surface area contributed by atoms with Crippen molar-refractivity contribution in [2.75, 3.05) is 0 Å². The number of halogens is 4. The first-order valence-corrected chi connectivity index (χ1v) is 10.3. The summed E-state index contributed by atoms with van der Waals surface area (Å²) in [6.45, 7) is 0. The molecule has 0 heterocycles. The average Bonchev–Trinajstić information content (AvgIpc) is 2.03. The van der Waals surface area contributed by atoms with Crippen LogP contribution in [0, 0.1) is 3.57 Å². The fraction of sp³-hybridized carbons (Fsp3) is 0.125. The van der Waals surface area contributed by atoms with Gasteiger partial charge in [0.1, 0.15) is 0 Å². The molecule has 0 unspecified atom stereocenters. The van der Waals surface area contributed by atoms with Gasteiger partial charge in [-0.25, -0.2) is 0 Å². The predicted octanol–water partition coefficient (Wildman–Crippen LogP) is 3.98. The van der Waals surface area contributed by atoms with E-state index in [0.717, 1.165) is 9.13 Å². The van der Waals surface area contributed by atoms with Crippen LogP contribution in [-0.2, 0) is 11.2 Å². The first-order chi connectivity index (χ1) is 6.09. The molecule has 5 heteroatoms. The molecule has 0 aliphatic rings. The number of hydrogen-bond donors (Lipinski definition) is 0. The van der Waals surface area contributed by atoms with Gasteiger partial charge in [-0.2, -0.15) is 0 Å². The van der Waals surface area contributed by atoms with E-state index in [1.165, 1.54) is 0 Å². The molecule has 0 aliphatic heterocycles. The fourth-order valence-electron chi connectivity index (χ4n) is 0.896. The van der Waals surface area contributed by atoms with Crippen LogP contribution in [0.5, 0.6) is 0 Å². The van der Waals surface area contributed by atoms with Gasteiger partial charge >= 0.3 is 96.8 Å². The molecule has 0 atom stereocenters. The van der Waals surface area contributed by atoms with E-state index in [2.05, 4.69) is 0 Å². The molecule has 0 N–H and O–H groups in total. The van der Waals surface area contributed by atoms with Crippen molar-refractivity contribution in [2.24, 2.45) is 0 Å². The summed E-state index contributed by atoms with van der Waals surface area (Å²) in [7, 11) is 11.6. The van der Waals surface area contributed by atoms with E-state index in [1.54, 1.807) is 0 Å². The summed E-state index contributed by atoms with van der Waals surface area (Å²) in [4.78, 5) is 10.6. The molecule has 0 amide bonds. The molecule has 1 aromatic rings. The quantitative estimate of drug-likeness (QED) is 0.595. The second-order valence-electron chi connectivity index (χ2n) is 2.36. The van der Waals surface area contributed by atoms with E-state index in [1.807, 2.05) is 24.3 Å². The van der Waals surface area contributed by atoms with Crippen molar-refractivity contribution in [3.05, 3.63) is 33.4 Å². The Labute approximate surface area is 96.2 Å². The second-order valence-corrected chi connectivity index (χ2v) is 9.96. The molecule has 0 aromatic heterocycles. The van der Waals surface area contributed by atoms with Gasteiger partial charge in [0.25, 0.3) is 0 Å².